The van der Waals surface area contributed by atoms with Crippen molar-refractivity contribution in [2.75, 3.05) is 11.2 Å². The summed E-state index contributed by atoms with van der Waals surface area (Å²) >= 11 is 2.24. The van der Waals surface area contributed by atoms with Crippen LogP contribution in [0.3, 0.4) is 0 Å². The van der Waals surface area contributed by atoms with Crippen molar-refractivity contribution >= 4 is 28.6 Å². The maximum Gasteiger partial charge on any atom is 0.313 e. The summed E-state index contributed by atoms with van der Waals surface area (Å²) in [7, 11) is 0. The number of alkyl halides is 1. The van der Waals surface area contributed by atoms with E-state index in [1.807, 2.05) is 18.2 Å². The van der Waals surface area contributed by atoms with E-state index >= 15 is 0 Å². The molecular weight excluding hydrogens is 359 g/mol. The molecule has 1 saturated heterocycles. The Morgan fingerprint density at radius 2 is 2.16 bits per heavy atom. The number of halogens is 1. The summed E-state index contributed by atoms with van der Waals surface area (Å²) in [6.07, 6.45) is 1.56. The van der Waals surface area contributed by atoms with Gasteiger partial charge in [-0.25, -0.2) is 0 Å². The van der Waals surface area contributed by atoms with Crippen LogP contribution < -0.4 is 9.47 Å². The molecule has 3 atom stereocenters. The van der Waals surface area contributed by atoms with Crippen molar-refractivity contribution in [2.24, 2.45) is 5.92 Å². The summed E-state index contributed by atoms with van der Waals surface area (Å²) in [6.45, 7) is 4.00. The van der Waals surface area contributed by atoms with Crippen LogP contribution in [0, 0.1) is 5.92 Å². The Bertz CT molecular complexity index is 528. The number of carbonyl (C=O) groups excluding carboxylic acids is 1. The van der Waals surface area contributed by atoms with E-state index in [1.54, 1.807) is 6.08 Å². The number of cyclic esters (lactones) is 1. The van der Waals surface area contributed by atoms with Crippen LogP contribution in [0.2, 0.25) is 0 Å². The van der Waals surface area contributed by atoms with Gasteiger partial charge in [-0.1, -0.05) is 34.7 Å². The number of hydrogen-bond donors (Lipinski definition) is 0. The smallest absolute Gasteiger partial charge is 0.313 e. The molecule has 19 heavy (non-hydrogen) atoms. The lowest BCUT2D eigenvalue weighted by Crippen LogP contribution is -2.19. The molecule has 0 radical (unpaired) electrons. The number of hydrogen-bond acceptors (Lipinski definition) is 4. The summed E-state index contributed by atoms with van der Waals surface area (Å²) in [5.74, 6) is 0.984. The van der Waals surface area contributed by atoms with Gasteiger partial charge in [-0.05, 0) is 17.7 Å². The number of carbonyl (C=O) groups is 1. The first-order valence-electron chi connectivity index (χ1n) is 6.03. The lowest BCUT2D eigenvalue weighted by molar-refractivity contribution is -0.142. The highest BCUT2D eigenvalue weighted by atomic mass is 127. The minimum atomic E-state index is -0.292. The van der Waals surface area contributed by atoms with Gasteiger partial charge in [-0.2, -0.15) is 0 Å². The van der Waals surface area contributed by atoms with Gasteiger partial charge in [0.1, 0.15) is 6.10 Å². The number of rotatable bonds is 3. The molecule has 5 heteroatoms. The fourth-order valence-electron chi connectivity index (χ4n) is 2.59. The maximum atomic E-state index is 11.8. The number of fused-ring (bicyclic) bond motifs is 1. The molecular formula is C14H13IO4. The molecule has 0 spiro atoms. The van der Waals surface area contributed by atoms with Crippen LogP contribution in [-0.4, -0.2) is 23.3 Å². The second-order valence-corrected chi connectivity index (χ2v) is 5.41. The highest BCUT2D eigenvalue weighted by Crippen LogP contribution is 2.42. The van der Waals surface area contributed by atoms with Crippen molar-refractivity contribution in [2.45, 2.75) is 12.0 Å². The van der Waals surface area contributed by atoms with E-state index in [4.69, 9.17) is 14.2 Å². The molecule has 0 unspecified atom stereocenters. The van der Waals surface area contributed by atoms with E-state index in [0.717, 1.165) is 21.5 Å². The lowest BCUT2D eigenvalue weighted by Gasteiger charge is -2.18. The largest absolute Gasteiger partial charge is 0.460 e. The Kier molecular flexibility index (Phi) is 3.38. The third-order valence-corrected chi connectivity index (χ3v) is 4.38. The molecule has 2 heterocycles. The zero-order valence-electron chi connectivity index (χ0n) is 10.2. The fraction of sp³-hybridized carbons (Fsp3) is 0.357. The quantitative estimate of drug-likeness (QED) is 0.354. The molecule has 1 fully saturated rings. The molecule has 4 nitrogen and oxygen atoms in total. The van der Waals surface area contributed by atoms with Crippen LogP contribution in [-0.2, 0) is 9.53 Å². The average molecular weight is 372 g/mol. The SMILES string of the molecule is C=C[C@@H]1C(=O)O[C@H](CI)[C@H]1c1ccc2c(c1)OCO2. The first-order chi connectivity index (χ1) is 9.24. The average Bonchev–Trinajstić information content (AvgIpc) is 3.00. The number of esters is 1. The Labute approximate surface area is 124 Å². The maximum absolute atomic E-state index is 11.8. The van der Waals surface area contributed by atoms with Gasteiger partial charge in [0.2, 0.25) is 6.79 Å². The van der Waals surface area contributed by atoms with Gasteiger partial charge in [0.15, 0.2) is 11.5 Å². The molecule has 1 aromatic rings. The zero-order valence-corrected chi connectivity index (χ0v) is 12.3. The molecule has 0 N–H and O–H groups in total. The van der Waals surface area contributed by atoms with Crippen LogP contribution in [0.5, 0.6) is 11.5 Å². The van der Waals surface area contributed by atoms with Crippen LogP contribution >= 0.6 is 22.6 Å². The highest BCUT2D eigenvalue weighted by Gasteiger charge is 2.43. The van der Waals surface area contributed by atoms with Crippen molar-refractivity contribution in [3.05, 3.63) is 36.4 Å². The highest BCUT2D eigenvalue weighted by molar-refractivity contribution is 14.1. The van der Waals surface area contributed by atoms with E-state index in [-0.39, 0.29) is 30.7 Å². The van der Waals surface area contributed by atoms with Crippen molar-refractivity contribution in [3.8, 4) is 11.5 Å². The molecule has 0 amide bonds. The molecule has 2 aliphatic rings. The predicted octanol–water partition coefficient (Wildman–Crippen LogP) is 2.66. The second kappa shape index (κ2) is 5.03. The predicted molar refractivity (Wildman–Crippen MR) is 77.8 cm³/mol. The monoisotopic (exact) mass is 372 g/mol. The van der Waals surface area contributed by atoms with Crippen LogP contribution in [0.1, 0.15) is 11.5 Å². The first-order valence-corrected chi connectivity index (χ1v) is 7.55. The molecule has 0 aromatic heterocycles. The van der Waals surface area contributed by atoms with Gasteiger partial charge in [0.05, 0.1) is 5.92 Å². The standard InChI is InChI=1S/C14H13IO4/c1-2-9-13(12(6-15)19-14(9)16)8-3-4-10-11(5-8)18-7-17-10/h2-5,9,12-13H,1,6-7H2/t9-,12+,13-/m0/s1. The second-order valence-electron chi connectivity index (χ2n) is 4.53. The minimum absolute atomic E-state index is 0.00333. The minimum Gasteiger partial charge on any atom is -0.460 e. The van der Waals surface area contributed by atoms with Gasteiger partial charge in [-0.3, -0.25) is 4.79 Å². The Morgan fingerprint density at radius 1 is 1.37 bits per heavy atom. The third kappa shape index (κ3) is 2.09. The van der Waals surface area contributed by atoms with E-state index in [1.165, 1.54) is 0 Å². The molecule has 0 aliphatic carbocycles. The van der Waals surface area contributed by atoms with Crippen LogP contribution in [0.15, 0.2) is 30.9 Å². The summed E-state index contributed by atoms with van der Waals surface area (Å²) in [4.78, 5) is 11.8. The van der Waals surface area contributed by atoms with Crippen molar-refractivity contribution in [3.63, 3.8) is 0 Å². The van der Waals surface area contributed by atoms with Gasteiger partial charge >= 0.3 is 5.97 Å². The summed E-state index contributed by atoms with van der Waals surface area (Å²) in [5, 5.41) is 0. The molecule has 2 aliphatic heterocycles. The third-order valence-electron chi connectivity index (χ3n) is 3.51. The lowest BCUT2D eigenvalue weighted by atomic mass is 9.84. The number of benzene rings is 1. The van der Waals surface area contributed by atoms with Crippen molar-refractivity contribution in [1.82, 2.24) is 0 Å². The normalized spacial score (nSPS) is 28.3. The molecule has 3 rings (SSSR count). The number of ether oxygens (including phenoxy) is 3. The van der Waals surface area contributed by atoms with E-state index in [2.05, 4.69) is 29.2 Å². The Balaban J connectivity index is 1.98. The topological polar surface area (TPSA) is 44.8 Å². The zero-order chi connectivity index (χ0) is 13.4. The molecule has 0 bridgehead atoms. The van der Waals surface area contributed by atoms with E-state index in [0.29, 0.717) is 0 Å². The van der Waals surface area contributed by atoms with Crippen LogP contribution in [0.25, 0.3) is 0 Å². The molecule has 0 saturated carbocycles. The van der Waals surface area contributed by atoms with Crippen molar-refractivity contribution in [1.29, 1.82) is 0 Å². The summed E-state index contributed by atoms with van der Waals surface area (Å²) < 4.78 is 16.9. The molecule has 100 valence electrons. The summed E-state index contributed by atoms with van der Waals surface area (Å²) in [6, 6.07) is 5.78. The van der Waals surface area contributed by atoms with E-state index in [9.17, 15) is 4.79 Å². The Hall–Kier alpha value is -1.24. The van der Waals surface area contributed by atoms with Gasteiger partial charge < -0.3 is 14.2 Å². The van der Waals surface area contributed by atoms with E-state index < -0.39 is 0 Å². The van der Waals surface area contributed by atoms with Gasteiger partial charge in [0, 0.05) is 10.3 Å². The van der Waals surface area contributed by atoms with Gasteiger partial charge in [0.25, 0.3) is 0 Å². The first kappa shape index (κ1) is 12.8. The fourth-order valence-corrected chi connectivity index (χ4v) is 3.32. The Morgan fingerprint density at radius 3 is 2.89 bits per heavy atom. The van der Waals surface area contributed by atoms with Crippen molar-refractivity contribution < 1.29 is 19.0 Å². The molecule has 1 aromatic carbocycles. The summed E-state index contributed by atoms with van der Waals surface area (Å²) in [5.41, 5.74) is 1.03. The van der Waals surface area contributed by atoms with Crippen LogP contribution in [0.4, 0.5) is 0 Å². The van der Waals surface area contributed by atoms with Gasteiger partial charge in [-0.15, -0.1) is 6.58 Å².